The number of carbonyl (C=O) groups excluding carboxylic acids is 1. The minimum absolute atomic E-state index is 0.00182. The van der Waals surface area contributed by atoms with Crippen molar-refractivity contribution in [2.45, 2.75) is 32.1 Å². The van der Waals surface area contributed by atoms with Gasteiger partial charge in [-0.25, -0.2) is 17.2 Å². The Morgan fingerprint density at radius 2 is 1.85 bits per heavy atom. The topological polar surface area (TPSA) is 97.2 Å². The summed E-state index contributed by atoms with van der Waals surface area (Å²) < 4.78 is 54.5. The fourth-order valence-electron chi connectivity index (χ4n) is 3.06. The molecule has 0 unspecified atom stereocenters. The lowest BCUT2D eigenvalue weighted by molar-refractivity contribution is -0.113. The molecule has 0 fully saturated rings. The van der Waals surface area contributed by atoms with Crippen molar-refractivity contribution in [1.29, 1.82) is 0 Å². The first-order chi connectivity index (χ1) is 15.6. The number of hydrogen-bond donors (Lipinski definition) is 1. The monoisotopic (exact) mass is 495 g/mol. The average Bonchev–Trinajstić information content (AvgIpc) is 3.15. The van der Waals surface area contributed by atoms with E-state index in [2.05, 4.69) is 15.5 Å². The highest BCUT2D eigenvalue weighted by Gasteiger charge is 2.22. The third kappa shape index (κ3) is 6.08. The number of hydrogen-bond acceptors (Lipinski definition) is 6. The van der Waals surface area contributed by atoms with E-state index in [4.69, 9.17) is 0 Å². The summed E-state index contributed by atoms with van der Waals surface area (Å²) >= 11 is 1.13. The van der Waals surface area contributed by atoms with Crippen molar-refractivity contribution in [3.63, 3.8) is 0 Å². The van der Waals surface area contributed by atoms with Crippen LogP contribution < -0.4 is 9.62 Å². The predicted molar refractivity (Wildman–Crippen MR) is 124 cm³/mol. The molecular weight excluding hydrogens is 472 g/mol. The van der Waals surface area contributed by atoms with Crippen LogP contribution in [0.3, 0.4) is 0 Å². The highest BCUT2D eigenvalue weighted by atomic mass is 32.2. The molecule has 176 valence electrons. The molecular formula is C21H23F2N5O3S2. The first-order valence-electron chi connectivity index (χ1n) is 9.93. The average molecular weight is 496 g/mol. The highest BCUT2D eigenvalue weighted by Crippen LogP contribution is 2.24. The maximum atomic E-state index is 13.7. The summed E-state index contributed by atoms with van der Waals surface area (Å²) in [5.41, 5.74) is 1.03. The minimum Gasteiger partial charge on any atom is -0.325 e. The van der Waals surface area contributed by atoms with Gasteiger partial charge in [0.05, 0.1) is 24.2 Å². The molecule has 8 nitrogen and oxygen atoms in total. The smallest absolute Gasteiger partial charge is 0.234 e. The lowest BCUT2D eigenvalue weighted by Gasteiger charge is -2.22. The van der Waals surface area contributed by atoms with Gasteiger partial charge in [-0.05, 0) is 50.2 Å². The summed E-state index contributed by atoms with van der Waals surface area (Å²) in [5, 5.41) is 11.3. The van der Waals surface area contributed by atoms with E-state index in [1.165, 1.54) is 36.4 Å². The lowest BCUT2D eigenvalue weighted by atomic mass is 10.2. The van der Waals surface area contributed by atoms with Gasteiger partial charge in [-0.15, -0.1) is 10.2 Å². The van der Waals surface area contributed by atoms with Crippen LogP contribution in [0.15, 0.2) is 47.6 Å². The molecule has 0 saturated carbocycles. The minimum atomic E-state index is -3.68. The van der Waals surface area contributed by atoms with Crippen LogP contribution in [0.25, 0.3) is 0 Å². The second-order valence-electron chi connectivity index (χ2n) is 7.14. The van der Waals surface area contributed by atoms with Crippen LogP contribution in [0.4, 0.5) is 20.2 Å². The van der Waals surface area contributed by atoms with E-state index in [-0.39, 0.29) is 18.2 Å². The Morgan fingerprint density at radius 3 is 2.48 bits per heavy atom. The van der Waals surface area contributed by atoms with E-state index in [0.29, 0.717) is 34.5 Å². The highest BCUT2D eigenvalue weighted by molar-refractivity contribution is 7.99. The van der Waals surface area contributed by atoms with Crippen LogP contribution in [0, 0.1) is 18.6 Å². The van der Waals surface area contributed by atoms with Crippen LogP contribution in [-0.4, -0.2) is 41.1 Å². The van der Waals surface area contributed by atoms with Crippen molar-refractivity contribution in [1.82, 2.24) is 14.8 Å². The summed E-state index contributed by atoms with van der Waals surface area (Å²) in [7, 11) is -3.68. The van der Waals surface area contributed by atoms with E-state index in [0.717, 1.165) is 22.3 Å². The van der Waals surface area contributed by atoms with Gasteiger partial charge in [0.15, 0.2) is 11.0 Å². The molecule has 0 aliphatic heterocycles. The van der Waals surface area contributed by atoms with Gasteiger partial charge in [0.1, 0.15) is 11.6 Å². The van der Waals surface area contributed by atoms with Crippen LogP contribution >= 0.6 is 11.8 Å². The first-order valence-corrected chi connectivity index (χ1v) is 12.8. The number of nitrogens with zero attached hydrogens (tertiary/aromatic N) is 4. The third-order valence-electron chi connectivity index (χ3n) is 4.78. The maximum Gasteiger partial charge on any atom is 0.234 e. The molecule has 0 radical (unpaired) electrons. The van der Waals surface area contributed by atoms with E-state index >= 15 is 0 Å². The van der Waals surface area contributed by atoms with Crippen molar-refractivity contribution >= 4 is 39.1 Å². The molecule has 0 atom stereocenters. The van der Waals surface area contributed by atoms with Gasteiger partial charge in [-0.3, -0.25) is 9.10 Å². The Bertz CT molecular complexity index is 1250. The number of anilines is 2. The molecule has 1 N–H and O–H groups in total. The molecule has 0 bridgehead atoms. The summed E-state index contributed by atoms with van der Waals surface area (Å²) in [5.74, 6) is -0.857. The first kappa shape index (κ1) is 24.6. The lowest BCUT2D eigenvalue weighted by Crippen LogP contribution is -2.30. The quantitative estimate of drug-likeness (QED) is 0.456. The normalized spacial score (nSPS) is 11.4. The van der Waals surface area contributed by atoms with Crippen LogP contribution in [0.2, 0.25) is 0 Å². The maximum absolute atomic E-state index is 13.7. The van der Waals surface area contributed by atoms with Crippen molar-refractivity contribution in [2.75, 3.05) is 21.6 Å². The summed E-state index contributed by atoms with van der Waals surface area (Å²) in [6, 6.07) is 9.55. The summed E-state index contributed by atoms with van der Waals surface area (Å²) in [4.78, 5) is 12.3. The largest absolute Gasteiger partial charge is 0.325 e. The zero-order valence-electron chi connectivity index (χ0n) is 18.2. The van der Waals surface area contributed by atoms with Gasteiger partial charge in [-0.2, -0.15) is 0 Å². The zero-order valence-corrected chi connectivity index (χ0v) is 19.9. The Kier molecular flexibility index (Phi) is 7.69. The number of aromatic nitrogens is 3. The Balaban J connectivity index is 1.74. The van der Waals surface area contributed by atoms with Crippen LogP contribution in [-0.2, 0) is 27.9 Å². The predicted octanol–water partition coefficient (Wildman–Crippen LogP) is 3.58. The Labute approximate surface area is 195 Å². The molecule has 0 spiro atoms. The number of amides is 1. The molecule has 0 aliphatic rings. The van der Waals surface area contributed by atoms with Crippen molar-refractivity contribution in [2.24, 2.45) is 0 Å². The van der Waals surface area contributed by atoms with Crippen molar-refractivity contribution in [3.8, 4) is 0 Å². The molecule has 1 aromatic heterocycles. The zero-order chi connectivity index (χ0) is 24.2. The van der Waals surface area contributed by atoms with E-state index in [1.807, 2.05) is 6.92 Å². The van der Waals surface area contributed by atoms with Crippen LogP contribution in [0.1, 0.15) is 18.3 Å². The molecule has 1 heterocycles. The van der Waals surface area contributed by atoms with E-state index in [1.54, 1.807) is 17.6 Å². The summed E-state index contributed by atoms with van der Waals surface area (Å²) in [6.07, 6.45) is 1.05. The Morgan fingerprint density at radius 1 is 1.15 bits per heavy atom. The number of benzene rings is 2. The number of carbonyl (C=O) groups is 1. The molecule has 1 amide bonds. The fraction of sp³-hybridized carbons (Fsp3) is 0.286. The fourth-order valence-corrected chi connectivity index (χ4v) is 4.73. The molecule has 33 heavy (non-hydrogen) atoms. The molecule has 3 rings (SSSR count). The molecule has 12 heteroatoms. The van der Waals surface area contributed by atoms with Gasteiger partial charge in [0, 0.05) is 17.8 Å². The van der Waals surface area contributed by atoms with Gasteiger partial charge >= 0.3 is 0 Å². The molecule has 3 aromatic rings. The molecule has 2 aromatic carbocycles. The standard InChI is InChI=1S/C21H23F2N5O3S2/c1-4-27-19(12-28(33(3,30)31)16-10-8-15(22)9-11-16)25-26-21(27)32-13-20(29)24-18-7-5-6-17(23)14(18)2/h5-11H,4,12-13H2,1-3H3,(H,24,29). The van der Waals surface area contributed by atoms with Gasteiger partial charge in [0.25, 0.3) is 0 Å². The SMILES string of the molecule is CCn1c(CN(c2ccc(F)cc2)S(C)(=O)=O)nnc1SCC(=O)Nc1cccc(F)c1C. The number of halogens is 2. The van der Waals surface area contributed by atoms with Gasteiger partial charge in [0.2, 0.25) is 15.9 Å². The van der Waals surface area contributed by atoms with Crippen LogP contribution in [0.5, 0.6) is 0 Å². The molecule has 0 aliphatic carbocycles. The number of thioether (sulfide) groups is 1. The van der Waals surface area contributed by atoms with Gasteiger partial charge in [-0.1, -0.05) is 17.8 Å². The number of rotatable bonds is 9. The Hall–Kier alpha value is -2.99. The van der Waals surface area contributed by atoms with E-state index in [9.17, 15) is 22.0 Å². The van der Waals surface area contributed by atoms with Crippen molar-refractivity contribution < 1.29 is 22.0 Å². The second kappa shape index (κ2) is 10.3. The van der Waals surface area contributed by atoms with Crippen molar-refractivity contribution in [3.05, 3.63) is 65.5 Å². The third-order valence-corrected chi connectivity index (χ3v) is 6.89. The summed E-state index contributed by atoms with van der Waals surface area (Å²) in [6.45, 7) is 3.75. The number of sulfonamides is 1. The van der Waals surface area contributed by atoms with E-state index < -0.39 is 21.7 Å². The molecule has 0 saturated heterocycles. The second-order valence-corrected chi connectivity index (χ2v) is 9.99. The van der Waals surface area contributed by atoms with Gasteiger partial charge < -0.3 is 9.88 Å². The number of nitrogens with one attached hydrogen (secondary N) is 1.